The number of hydrogen-bond acceptors (Lipinski definition) is 11. The fourth-order valence-electron chi connectivity index (χ4n) is 9.19. The van der Waals surface area contributed by atoms with Crippen molar-refractivity contribution in [1.82, 2.24) is 30.0 Å². The predicted octanol–water partition coefficient (Wildman–Crippen LogP) is 4.58. The monoisotopic (exact) mass is 831 g/mol. The largest absolute Gasteiger partial charge is 0.465 e. The minimum Gasteiger partial charge on any atom is -0.465 e. The van der Waals surface area contributed by atoms with Gasteiger partial charge in [-0.2, -0.15) is 0 Å². The summed E-state index contributed by atoms with van der Waals surface area (Å²) in [6.45, 7) is 11.1. The standard InChI is InChI=1S/C23H33N3O3.C19H27N3O.C4H6O3.CH4/c1-2-29-22(27)16-25-14-19(15-25)23(28)26-11-9-17(10-12-26)13-20-8-7-18-5-3-4-6-21(18)24-20;23-19(16-12-20-13-16)22-9-7-14(8-10-22)11-17-6-5-15-3-1-2-4-18(15)21-17;1-2-7-4(6)3-5;/h7-8,17,19H,2-6,9-16H2,1H3;5-6,14,16,20H,1-4,7-13H2;3H,2H2,1H3;1H4. The fourth-order valence-corrected chi connectivity index (χ4v) is 9.19. The Balaban J connectivity index is 0.000000197. The van der Waals surface area contributed by atoms with E-state index in [1.807, 2.05) is 16.7 Å². The number of amides is 2. The lowest BCUT2D eigenvalue weighted by atomic mass is 9.89. The molecule has 6 heterocycles. The highest BCUT2D eigenvalue weighted by atomic mass is 16.5. The number of esters is 2. The molecule has 2 aliphatic carbocycles. The molecule has 2 amide bonds. The van der Waals surface area contributed by atoms with Gasteiger partial charge in [0.15, 0.2) is 0 Å². The number of aryl methyl sites for hydroxylation is 4. The van der Waals surface area contributed by atoms with Crippen LogP contribution in [0.25, 0.3) is 0 Å². The Morgan fingerprint density at radius 1 is 0.683 bits per heavy atom. The maximum atomic E-state index is 12.7. The number of rotatable bonds is 11. The summed E-state index contributed by atoms with van der Waals surface area (Å²) in [6.07, 6.45) is 16.5. The van der Waals surface area contributed by atoms with Crippen molar-refractivity contribution < 1.29 is 33.4 Å². The molecule has 13 nitrogen and oxygen atoms in total. The highest BCUT2D eigenvalue weighted by Gasteiger charge is 2.37. The molecule has 13 heteroatoms. The van der Waals surface area contributed by atoms with Gasteiger partial charge in [-0.3, -0.25) is 34.0 Å². The van der Waals surface area contributed by atoms with Crippen molar-refractivity contribution >= 4 is 30.0 Å². The van der Waals surface area contributed by atoms with E-state index in [2.05, 4.69) is 39.2 Å². The Morgan fingerprint density at radius 3 is 1.57 bits per heavy atom. The van der Waals surface area contributed by atoms with Gasteiger partial charge in [0.2, 0.25) is 18.1 Å². The van der Waals surface area contributed by atoms with Gasteiger partial charge in [0.25, 0.3) is 0 Å². The number of pyridine rings is 2. The van der Waals surface area contributed by atoms with Gasteiger partial charge in [-0.15, -0.1) is 0 Å². The number of likely N-dealkylation sites (tertiary alicyclic amines) is 3. The van der Waals surface area contributed by atoms with E-state index in [1.54, 1.807) is 6.92 Å². The molecule has 0 radical (unpaired) electrons. The number of carbonyl (C=O) groups is 5. The van der Waals surface area contributed by atoms with Crippen LogP contribution < -0.4 is 5.32 Å². The summed E-state index contributed by atoms with van der Waals surface area (Å²) in [6, 6.07) is 9.04. The van der Waals surface area contributed by atoms with Crippen LogP contribution >= 0.6 is 0 Å². The van der Waals surface area contributed by atoms with E-state index in [0.29, 0.717) is 44.0 Å². The second-order valence-electron chi connectivity index (χ2n) is 17.1. The van der Waals surface area contributed by atoms with Crippen LogP contribution in [0.2, 0.25) is 0 Å². The third-order valence-electron chi connectivity index (χ3n) is 12.8. The van der Waals surface area contributed by atoms with E-state index in [-0.39, 0.29) is 44.0 Å². The minimum atomic E-state index is -0.803. The number of ether oxygens (including phenoxy) is 2. The van der Waals surface area contributed by atoms with Crippen LogP contribution in [0.1, 0.15) is 107 Å². The summed E-state index contributed by atoms with van der Waals surface area (Å²) in [5, 5.41) is 3.19. The smallest absolute Gasteiger partial charge is 0.371 e. The molecule has 2 aromatic rings. The summed E-state index contributed by atoms with van der Waals surface area (Å²) >= 11 is 0. The zero-order valence-corrected chi connectivity index (χ0v) is 35.5. The maximum absolute atomic E-state index is 12.7. The average Bonchev–Trinajstić information content (AvgIpc) is 3.22. The summed E-state index contributed by atoms with van der Waals surface area (Å²) in [4.78, 5) is 71.7. The molecule has 60 heavy (non-hydrogen) atoms. The highest BCUT2D eigenvalue weighted by Crippen LogP contribution is 2.28. The Hall–Kier alpha value is -4.23. The molecule has 8 rings (SSSR count). The van der Waals surface area contributed by atoms with E-state index >= 15 is 0 Å². The number of aromatic nitrogens is 2. The molecule has 4 saturated heterocycles. The SMILES string of the molecule is C.CCOC(=O)C=O.CCOC(=O)CN1CC(C(=O)N2CCC(Cc3ccc4c(n3)CCCC4)CC2)C1.O=C(C1CNC1)N1CCC(Cc2ccc3c(n2)CCCC3)CC1. The third kappa shape index (κ3) is 13.4. The lowest BCUT2D eigenvalue weighted by molar-refractivity contribution is -0.151. The van der Waals surface area contributed by atoms with Gasteiger partial charge in [-0.1, -0.05) is 19.6 Å². The van der Waals surface area contributed by atoms with E-state index in [1.165, 1.54) is 72.4 Å². The van der Waals surface area contributed by atoms with E-state index in [4.69, 9.17) is 14.7 Å². The molecule has 4 aliphatic heterocycles. The predicted molar refractivity (Wildman–Crippen MR) is 230 cm³/mol. The molecule has 0 atom stereocenters. The minimum absolute atomic E-state index is 0. The molecule has 330 valence electrons. The number of nitrogens with zero attached hydrogens (tertiary/aromatic N) is 5. The van der Waals surface area contributed by atoms with Crippen molar-refractivity contribution in [2.24, 2.45) is 23.7 Å². The van der Waals surface area contributed by atoms with Gasteiger partial charge in [-0.05, 0) is 139 Å². The van der Waals surface area contributed by atoms with Gasteiger partial charge in [-0.25, -0.2) is 4.79 Å². The van der Waals surface area contributed by atoms with Crippen LogP contribution in [0, 0.1) is 23.7 Å². The highest BCUT2D eigenvalue weighted by molar-refractivity contribution is 6.20. The second-order valence-corrected chi connectivity index (χ2v) is 17.1. The van der Waals surface area contributed by atoms with Crippen molar-refractivity contribution in [3.05, 3.63) is 58.2 Å². The quantitative estimate of drug-likeness (QED) is 0.193. The lowest BCUT2D eigenvalue weighted by Gasteiger charge is -2.41. The number of fused-ring (bicyclic) bond motifs is 2. The number of aldehydes is 1. The second kappa shape index (κ2) is 23.7. The summed E-state index contributed by atoms with van der Waals surface area (Å²) < 4.78 is 9.15. The first-order valence-corrected chi connectivity index (χ1v) is 22.5. The topological polar surface area (TPSA) is 151 Å². The van der Waals surface area contributed by atoms with E-state index in [0.717, 1.165) is 90.6 Å². The molecule has 0 spiro atoms. The molecule has 0 aromatic carbocycles. The van der Waals surface area contributed by atoms with Gasteiger partial charge >= 0.3 is 11.9 Å². The Kier molecular flexibility index (Phi) is 18.5. The number of carbonyl (C=O) groups excluding carboxylic acids is 5. The zero-order valence-electron chi connectivity index (χ0n) is 35.5. The number of hydrogen-bond donors (Lipinski definition) is 1. The van der Waals surface area contributed by atoms with Gasteiger partial charge in [0, 0.05) is 75.1 Å². The Labute approximate surface area is 357 Å². The Bertz CT molecular complexity index is 1730. The molecule has 2 aromatic heterocycles. The molecule has 1 N–H and O–H groups in total. The van der Waals surface area contributed by atoms with Crippen LogP contribution in [0.4, 0.5) is 0 Å². The van der Waals surface area contributed by atoms with Crippen LogP contribution in [-0.2, 0) is 72.0 Å². The first kappa shape index (κ1) is 46.8. The van der Waals surface area contributed by atoms with E-state index < -0.39 is 5.97 Å². The van der Waals surface area contributed by atoms with Gasteiger partial charge in [0.05, 0.1) is 31.6 Å². The van der Waals surface area contributed by atoms with Crippen LogP contribution in [0.5, 0.6) is 0 Å². The van der Waals surface area contributed by atoms with Gasteiger partial charge < -0.3 is 24.6 Å². The molecule has 4 fully saturated rings. The fraction of sp³-hybridized carbons (Fsp3) is 0.681. The summed E-state index contributed by atoms with van der Waals surface area (Å²) in [7, 11) is 0. The van der Waals surface area contributed by atoms with Crippen molar-refractivity contribution in [3.8, 4) is 0 Å². The normalized spacial score (nSPS) is 19.6. The number of nitrogens with one attached hydrogen (secondary N) is 1. The van der Waals surface area contributed by atoms with Crippen LogP contribution in [0.3, 0.4) is 0 Å². The van der Waals surface area contributed by atoms with Crippen LogP contribution in [-0.4, -0.2) is 127 Å². The molecular formula is C47H70N6O7. The van der Waals surface area contributed by atoms with Crippen LogP contribution in [0.15, 0.2) is 24.3 Å². The maximum Gasteiger partial charge on any atom is 0.371 e. The molecule has 0 bridgehead atoms. The molecular weight excluding hydrogens is 761 g/mol. The molecule has 6 aliphatic rings. The summed E-state index contributed by atoms with van der Waals surface area (Å²) in [5.74, 6) is 1.22. The van der Waals surface area contributed by atoms with Gasteiger partial charge in [0.1, 0.15) is 0 Å². The van der Waals surface area contributed by atoms with Crippen molar-refractivity contribution in [2.75, 3.05) is 72.1 Å². The number of piperidine rings is 2. The molecule has 0 saturated carbocycles. The third-order valence-corrected chi connectivity index (χ3v) is 12.8. The first-order valence-electron chi connectivity index (χ1n) is 22.5. The van der Waals surface area contributed by atoms with E-state index in [9.17, 15) is 24.0 Å². The van der Waals surface area contributed by atoms with Crippen molar-refractivity contribution in [1.29, 1.82) is 0 Å². The lowest BCUT2D eigenvalue weighted by Crippen LogP contribution is -2.56. The van der Waals surface area contributed by atoms with Crippen molar-refractivity contribution in [3.63, 3.8) is 0 Å². The zero-order chi connectivity index (χ0) is 41.6. The van der Waals surface area contributed by atoms with Crippen molar-refractivity contribution in [2.45, 2.75) is 111 Å². The average molecular weight is 831 g/mol. The molecule has 0 unspecified atom stereocenters. The Morgan fingerprint density at radius 2 is 1.15 bits per heavy atom. The summed E-state index contributed by atoms with van der Waals surface area (Å²) in [5.41, 5.74) is 8.06. The first-order chi connectivity index (χ1) is 28.7.